The first-order chi connectivity index (χ1) is 8.54. The maximum absolute atomic E-state index is 12.0. The van der Waals surface area contributed by atoms with Crippen molar-refractivity contribution in [3.63, 3.8) is 0 Å². The predicted molar refractivity (Wildman–Crippen MR) is 83.4 cm³/mol. The Morgan fingerprint density at radius 2 is 2.00 bits per heavy atom. The lowest BCUT2D eigenvalue weighted by molar-refractivity contribution is 0.0376. The molecule has 0 aliphatic rings. The standard InChI is InChI=1S/C15H21IO2/c1-4-7-13(16)10-12-8-5-6-9-14(12)15(17)18-11(2)3/h5-6,8-9,11,13H,4,7,10H2,1-3H3. The van der Waals surface area contributed by atoms with Gasteiger partial charge in [0.2, 0.25) is 0 Å². The lowest BCUT2D eigenvalue weighted by Crippen LogP contribution is -2.15. The van der Waals surface area contributed by atoms with E-state index in [2.05, 4.69) is 29.5 Å². The largest absolute Gasteiger partial charge is 0.459 e. The summed E-state index contributed by atoms with van der Waals surface area (Å²) in [5.41, 5.74) is 1.81. The van der Waals surface area contributed by atoms with E-state index in [1.807, 2.05) is 38.1 Å². The van der Waals surface area contributed by atoms with E-state index in [9.17, 15) is 4.79 Å². The summed E-state index contributed by atoms with van der Waals surface area (Å²) >= 11 is 2.46. The maximum Gasteiger partial charge on any atom is 0.338 e. The fraction of sp³-hybridized carbons (Fsp3) is 0.533. The summed E-state index contributed by atoms with van der Waals surface area (Å²) in [6.45, 7) is 5.93. The van der Waals surface area contributed by atoms with Crippen molar-refractivity contribution in [1.82, 2.24) is 0 Å². The zero-order valence-electron chi connectivity index (χ0n) is 11.3. The van der Waals surface area contributed by atoms with Crippen LogP contribution in [0.1, 0.15) is 49.5 Å². The molecule has 0 spiro atoms. The van der Waals surface area contributed by atoms with Gasteiger partial charge in [0.1, 0.15) is 0 Å². The van der Waals surface area contributed by atoms with Gasteiger partial charge in [0, 0.05) is 3.92 Å². The number of carbonyl (C=O) groups is 1. The number of hydrogen-bond acceptors (Lipinski definition) is 2. The van der Waals surface area contributed by atoms with E-state index in [0.717, 1.165) is 12.0 Å². The molecule has 18 heavy (non-hydrogen) atoms. The van der Waals surface area contributed by atoms with Gasteiger partial charge in [0.05, 0.1) is 11.7 Å². The molecule has 1 atom stereocenters. The summed E-state index contributed by atoms with van der Waals surface area (Å²) in [6.07, 6.45) is 3.20. The molecule has 0 aliphatic heterocycles. The first-order valence-corrected chi connectivity index (χ1v) is 7.72. The van der Waals surface area contributed by atoms with Crippen molar-refractivity contribution in [3.8, 4) is 0 Å². The van der Waals surface area contributed by atoms with Gasteiger partial charge in [-0.25, -0.2) is 4.79 Å². The highest BCUT2D eigenvalue weighted by Gasteiger charge is 2.15. The molecule has 100 valence electrons. The van der Waals surface area contributed by atoms with Crippen LogP contribution in [-0.2, 0) is 11.2 Å². The molecule has 0 N–H and O–H groups in total. The van der Waals surface area contributed by atoms with Gasteiger partial charge in [-0.2, -0.15) is 0 Å². The predicted octanol–water partition coefficient (Wildman–Crippen LogP) is 4.40. The average molecular weight is 360 g/mol. The van der Waals surface area contributed by atoms with Gasteiger partial charge in [0.15, 0.2) is 0 Å². The van der Waals surface area contributed by atoms with Crippen LogP contribution in [0.3, 0.4) is 0 Å². The van der Waals surface area contributed by atoms with Crippen molar-refractivity contribution in [2.75, 3.05) is 0 Å². The molecule has 0 saturated carbocycles. The molecule has 0 amide bonds. The Balaban J connectivity index is 2.82. The fourth-order valence-electron chi connectivity index (χ4n) is 1.83. The van der Waals surface area contributed by atoms with E-state index in [4.69, 9.17) is 4.74 Å². The molecule has 1 aromatic carbocycles. The Labute approximate surface area is 123 Å². The van der Waals surface area contributed by atoms with Gasteiger partial charge in [0.25, 0.3) is 0 Å². The third-order valence-corrected chi connectivity index (χ3v) is 3.69. The molecule has 1 rings (SSSR count). The van der Waals surface area contributed by atoms with E-state index in [0.29, 0.717) is 9.49 Å². The van der Waals surface area contributed by atoms with Crippen LogP contribution in [0, 0.1) is 0 Å². The van der Waals surface area contributed by atoms with Crippen LogP contribution in [-0.4, -0.2) is 16.0 Å². The number of rotatable bonds is 6. The van der Waals surface area contributed by atoms with Crippen LogP contribution in [0.15, 0.2) is 24.3 Å². The van der Waals surface area contributed by atoms with E-state index in [1.54, 1.807) is 0 Å². The van der Waals surface area contributed by atoms with Crippen LogP contribution in [0.4, 0.5) is 0 Å². The second-order valence-electron chi connectivity index (χ2n) is 4.70. The summed E-state index contributed by atoms with van der Waals surface area (Å²) < 4.78 is 5.85. The van der Waals surface area contributed by atoms with E-state index in [-0.39, 0.29) is 12.1 Å². The Bertz CT molecular complexity index is 388. The second kappa shape index (κ2) is 7.77. The summed E-state index contributed by atoms with van der Waals surface area (Å²) in [7, 11) is 0. The zero-order valence-corrected chi connectivity index (χ0v) is 13.4. The molecule has 0 heterocycles. The lowest BCUT2D eigenvalue weighted by Gasteiger charge is -2.14. The molecular weight excluding hydrogens is 339 g/mol. The number of carbonyl (C=O) groups excluding carboxylic acids is 1. The van der Waals surface area contributed by atoms with Crippen molar-refractivity contribution in [1.29, 1.82) is 0 Å². The molecule has 1 unspecified atom stereocenters. The quantitative estimate of drug-likeness (QED) is 0.427. The molecule has 0 radical (unpaired) electrons. The number of halogens is 1. The number of benzene rings is 1. The third kappa shape index (κ3) is 4.96. The van der Waals surface area contributed by atoms with Crippen molar-refractivity contribution >= 4 is 28.6 Å². The zero-order chi connectivity index (χ0) is 13.5. The monoisotopic (exact) mass is 360 g/mol. The summed E-state index contributed by atoms with van der Waals surface area (Å²) in [5.74, 6) is -0.208. The van der Waals surface area contributed by atoms with Crippen molar-refractivity contribution in [2.24, 2.45) is 0 Å². The minimum atomic E-state index is -0.208. The van der Waals surface area contributed by atoms with E-state index < -0.39 is 0 Å². The van der Waals surface area contributed by atoms with E-state index in [1.165, 1.54) is 12.8 Å². The minimum absolute atomic E-state index is 0.0726. The van der Waals surface area contributed by atoms with Gasteiger partial charge >= 0.3 is 5.97 Å². The average Bonchev–Trinajstić information content (AvgIpc) is 2.28. The van der Waals surface area contributed by atoms with Crippen LogP contribution in [0.25, 0.3) is 0 Å². The smallest absolute Gasteiger partial charge is 0.338 e. The Hall–Kier alpha value is -0.580. The molecule has 0 aromatic heterocycles. The van der Waals surface area contributed by atoms with Crippen molar-refractivity contribution in [2.45, 2.75) is 50.1 Å². The molecule has 0 saturated heterocycles. The highest BCUT2D eigenvalue weighted by Crippen LogP contribution is 2.19. The molecule has 0 bridgehead atoms. The number of alkyl halides is 1. The Kier molecular flexibility index (Phi) is 6.68. The second-order valence-corrected chi connectivity index (χ2v) is 6.46. The summed E-state index contributed by atoms with van der Waals surface area (Å²) in [6, 6.07) is 7.76. The first kappa shape index (κ1) is 15.5. The van der Waals surface area contributed by atoms with Gasteiger partial charge < -0.3 is 4.74 Å². The van der Waals surface area contributed by atoms with Crippen molar-refractivity contribution in [3.05, 3.63) is 35.4 Å². The van der Waals surface area contributed by atoms with E-state index >= 15 is 0 Å². The van der Waals surface area contributed by atoms with Crippen LogP contribution >= 0.6 is 22.6 Å². The fourth-order valence-corrected chi connectivity index (χ4v) is 2.93. The minimum Gasteiger partial charge on any atom is -0.459 e. The normalized spacial score (nSPS) is 12.5. The molecular formula is C15H21IO2. The number of ether oxygens (including phenoxy) is 1. The van der Waals surface area contributed by atoms with Crippen LogP contribution in [0.5, 0.6) is 0 Å². The van der Waals surface area contributed by atoms with Gasteiger partial charge in [-0.1, -0.05) is 54.1 Å². The van der Waals surface area contributed by atoms with Crippen LogP contribution < -0.4 is 0 Å². The molecule has 0 fully saturated rings. The highest BCUT2D eigenvalue weighted by atomic mass is 127. The number of hydrogen-bond donors (Lipinski definition) is 0. The number of esters is 1. The van der Waals surface area contributed by atoms with Crippen LogP contribution in [0.2, 0.25) is 0 Å². The molecule has 0 aliphatic carbocycles. The molecule has 2 nitrogen and oxygen atoms in total. The maximum atomic E-state index is 12.0. The lowest BCUT2D eigenvalue weighted by atomic mass is 10.0. The highest BCUT2D eigenvalue weighted by molar-refractivity contribution is 14.1. The Morgan fingerprint density at radius 1 is 1.33 bits per heavy atom. The van der Waals surface area contributed by atoms with Gasteiger partial charge in [-0.3, -0.25) is 0 Å². The van der Waals surface area contributed by atoms with Crippen molar-refractivity contribution < 1.29 is 9.53 Å². The summed E-state index contributed by atoms with van der Waals surface area (Å²) in [5, 5.41) is 0. The van der Waals surface area contributed by atoms with Gasteiger partial charge in [-0.15, -0.1) is 0 Å². The summed E-state index contributed by atoms with van der Waals surface area (Å²) in [4.78, 5) is 12.0. The third-order valence-electron chi connectivity index (χ3n) is 2.62. The Morgan fingerprint density at radius 3 is 2.61 bits per heavy atom. The topological polar surface area (TPSA) is 26.3 Å². The van der Waals surface area contributed by atoms with Gasteiger partial charge in [-0.05, 0) is 38.3 Å². The first-order valence-electron chi connectivity index (χ1n) is 6.47. The molecule has 1 aromatic rings. The molecule has 3 heteroatoms. The SMILES string of the molecule is CCCC(I)Cc1ccccc1C(=O)OC(C)C.